The Kier molecular flexibility index (Phi) is 22.6. The topological polar surface area (TPSA) is 39.5 Å². The molecule has 0 spiro atoms. The molecule has 0 amide bonds. The van der Waals surface area contributed by atoms with E-state index in [1.807, 2.05) is 114 Å². The van der Waals surface area contributed by atoms with Crippen molar-refractivity contribution in [3.63, 3.8) is 0 Å². The van der Waals surface area contributed by atoms with E-state index < -0.39 is 0 Å². The maximum absolute atomic E-state index is 4.50. The van der Waals surface area contributed by atoms with Crippen molar-refractivity contribution in [1.29, 1.82) is 0 Å². The molecule has 5 nitrogen and oxygen atoms in total. The first-order valence-electron chi connectivity index (χ1n) is 38.7. The second kappa shape index (κ2) is 32.3. The fourth-order valence-corrected chi connectivity index (χ4v) is 15.8. The summed E-state index contributed by atoms with van der Waals surface area (Å²) in [6.07, 6.45) is 9.87. The molecular weight excluding hydrogens is 1520 g/mol. The van der Waals surface area contributed by atoms with Crippen LogP contribution < -0.4 is 4.57 Å². The number of benzene rings is 12. The zero-order valence-electron chi connectivity index (χ0n) is 66.6. The molecule has 5 aromatic heterocycles. The fraction of sp³-hybridized carbons (Fsp3) is 0.190. The van der Waals surface area contributed by atoms with Crippen LogP contribution in [0.4, 0.5) is 0 Å². The van der Waals surface area contributed by atoms with Crippen LogP contribution in [0.1, 0.15) is 122 Å². The second-order valence-corrected chi connectivity index (χ2v) is 34.6. The van der Waals surface area contributed by atoms with Gasteiger partial charge in [-0.3, -0.25) is 9.97 Å². The maximum Gasteiger partial charge on any atom is 0.0692 e. The number of fused-ring (bicyclic) bond motifs is 9. The van der Waals surface area contributed by atoms with Crippen molar-refractivity contribution in [1.82, 2.24) is 19.1 Å². The first-order chi connectivity index (χ1) is 52.7. The summed E-state index contributed by atoms with van der Waals surface area (Å²) in [6.45, 7) is 40.2. The predicted octanol–water partition coefficient (Wildman–Crippen LogP) is 27.7. The van der Waals surface area contributed by atoms with Crippen LogP contribution in [0.2, 0.25) is 0 Å². The minimum atomic E-state index is 0. The Labute approximate surface area is 672 Å². The minimum absolute atomic E-state index is 0. The summed E-state index contributed by atoms with van der Waals surface area (Å²) in [5.41, 5.74) is 25.9. The molecule has 6 heteroatoms. The summed E-state index contributed by atoms with van der Waals surface area (Å²) in [7, 11) is 4.08. The average molecular weight is 1630 g/mol. The van der Waals surface area contributed by atoms with Crippen molar-refractivity contribution >= 4 is 75.9 Å². The molecule has 1 radical (unpaired) electrons. The van der Waals surface area contributed by atoms with Gasteiger partial charge in [0.05, 0.1) is 34.0 Å². The third-order valence-electron chi connectivity index (χ3n) is 20.4. The molecule has 0 aliphatic carbocycles. The van der Waals surface area contributed by atoms with E-state index in [0.717, 1.165) is 76.1 Å². The van der Waals surface area contributed by atoms with Crippen LogP contribution in [0.15, 0.2) is 304 Å². The number of hydrogen-bond donors (Lipinski definition) is 0. The number of rotatable bonds is 10. The van der Waals surface area contributed by atoms with Crippen molar-refractivity contribution in [2.75, 3.05) is 0 Å². The van der Waals surface area contributed by atoms with Gasteiger partial charge in [-0.15, -0.1) is 41.5 Å². The molecule has 0 N–H and O–H groups in total. The molecule has 0 fully saturated rings. The van der Waals surface area contributed by atoms with E-state index >= 15 is 0 Å². The standard InChI is InChI=1S/C56H64N2.C17H14N.2C16H12N.Ir/c1-53(2,3)33-37-13-25-49-45(29-37)46-30-38(34-54(4,5)6)14-26-50(46)57(49)43-21-17-41(18-22-43)42-19-23-44(24-20-42)58-51-27-15-39(35-55(7,8)9)31-47(51)48-32-40(16-28-52(48)58)36-56(10,11)12;1-13-7-3-5-9-15(13)17-16-10-6-4-8-14(16)11-12-18(17)2;1-12-6-2-4-8-14(12)16-15-9-5-3-7-13(15)10-11-17-16;1-12-9-10-13-6-2-3-7-14(13)16(12)15-8-4-5-11-17-15;/h13-32H,33-36H2,1-12H3;3-12H,1-2H2;2*2-11H,1H2;/q;3*-1;. The van der Waals surface area contributed by atoms with Gasteiger partial charge in [0.2, 0.25) is 0 Å². The van der Waals surface area contributed by atoms with Gasteiger partial charge >= 0.3 is 0 Å². The van der Waals surface area contributed by atoms with Crippen LogP contribution in [0, 0.1) is 49.5 Å². The summed E-state index contributed by atoms with van der Waals surface area (Å²) in [5, 5.41) is 12.6. The Morgan fingerprint density at radius 2 is 0.694 bits per heavy atom. The first-order valence-corrected chi connectivity index (χ1v) is 38.7. The van der Waals surface area contributed by atoms with E-state index in [0.29, 0.717) is 0 Å². The smallest absolute Gasteiger partial charge is 0.0692 e. The quantitative estimate of drug-likeness (QED) is 0.101. The molecule has 0 aliphatic rings. The summed E-state index contributed by atoms with van der Waals surface area (Å²) >= 11 is 0. The normalized spacial score (nSPS) is 11.8. The van der Waals surface area contributed by atoms with Gasteiger partial charge in [0.25, 0.3) is 0 Å². The first kappa shape index (κ1) is 77.7. The molecule has 17 aromatic rings. The summed E-state index contributed by atoms with van der Waals surface area (Å²) in [5.74, 6) is 0. The monoisotopic (exact) mass is 1630 g/mol. The molecule has 111 heavy (non-hydrogen) atoms. The van der Waals surface area contributed by atoms with Gasteiger partial charge in [0.1, 0.15) is 0 Å². The van der Waals surface area contributed by atoms with Crippen molar-refractivity contribution < 1.29 is 24.7 Å². The zero-order chi connectivity index (χ0) is 77.2. The van der Waals surface area contributed by atoms with E-state index in [1.54, 1.807) is 0 Å². The predicted molar refractivity (Wildman–Crippen MR) is 471 cm³/mol. The third-order valence-corrected chi connectivity index (χ3v) is 20.4. The minimum Gasteiger partial charge on any atom is -0.343 e. The molecule has 12 aromatic carbocycles. The van der Waals surface area contributed by atoms with E-state index in [2.05, 4.69) is 324 Å². The number of hydrogen-bond acceptors (Lipinski definition) is 2. The molecule has 0 saturated heterocycles. The zero-order valence-corrected chi connectivity index (χ0v) is 69.0. The van der Waals surface area contributed by atoms with E-state index in [-0.39, 0.29) is 41.8 Å². The summed E-state index contributed by atoms with van der Waals surface area (Å²) < 4.78 is 6.83. The van der Waals surface area contributed by atoms with Gasteiger partial charge in [0, 0.05) is 83.9 Å². The molecule has 0 unspecified atom stereocenters. The molecule has 17 rings (SSSR count). The Morgan fingerprint density at radius 3 is 1.12 bits per heavy atom. The largest absolute Gasteiger partial charge is 0.343 e. The Bertz CT molecular complexity index is 5820. The molecule has 0 aliphatic heterocycles. The van der Waals surface area contributed by atoms with E-state index in [9.17, 15) is 0 Å². The summed E-state index contributed by atoms with van der Waals surface area (Å²) in [6, 6.07) is 102. The van der Waals surface area contributed by atoms with Crippen molar-refractivity contribution in [3.05, 3.63) is 370 Å². The number of nitrogens with zero attached hydrogens (tertiary/aromatic N) is 5. The van der Waals surface area contributed by atoms with Crippen LogP contribution >= 0.6 is 0 Å². The average Bonchev–Trinajstić information content (AvgIpc) is 1.60. The molecule has 0 atom stereocenters. The molecule has 559 valence electrons. The SMILES string of the molecule is CC(C)(C)Cc1ccc2c(c1)c1cc(CC(C)(C)C)ccc1n2-c1ccc(-c2ccc(-n3c4ccc(CC(C)(C)C)cc4c4cc(CC(C)(C)C)ccc43)cc2)cc1.[CH2-]c1ccc2ccccc2c1-c1ccccn1.[CH2-]c1ccccc1-c1c2ccccc2cc[n+]1[CH2-].[CH2-]c1ccccc1-c1nccc2ccccc12.[Ir]. The fourth-order valence-electron chi connectivity index (χ4n) is 15.8. The van der Waals surface area contributed by atoms with E-state index in [4.69, 9.17) is 0 Å². The van der Waals surface area contributed by atoms with Gasteiger partial charge in [-0.05, 0) is 205 Å². The van der Waals surface area contributed by atoms with Crippen LogP contribution in [-0.2, 0) is 45.8 Å². The van der Waals surface area contributed by atoms with Gasteiger partial charge in [-0.2, -0.15) is 55.7 Å². The molecule has 0 saturated carbocycles. The van der Waals surface area contributed by atoms with Crippen molar-refractivity contribution in [2.24, 2.45) is 21.7 Å². The summed E-state index contributed by atoms with van der Waals surface area (Å²) in [4.78, 5) is 8.92. The van der Waals surface area contributed by atoms with Gasteiger partial charge in [0.15, 0.2) is 0 Å². The third kappa shape index (κ3) is 17.8. The van der Waals surface area contributed by atoms with Gasteiger partial charge < -0.3 is 13.7 Å². The molecule has 5 heterocycles. The van der Waals surface area contributed by atoms with Crippen LogP contribution in [0.3, 0.4) is 0 Å². The van der Waals surface area contributed by atoms with Gasteiger partial charge in [-0.1, -0.05) is 234 Å². The Balaban J connectivity index is 0.000000162. The van der Waals surface area contributed by atoms with Crippen LogP contribution in [0.5, 0.6) is 0 Å². The maximum atomic E-state index is 4.50. The second-order valence-electron chi connectivity index (χ2n) is 34.6. The molecule has 0 bridgehead atoms. The van der Waals surface area contributed by atoms with E-state index in [1.165, 1.54) is 121 Å². The van der Waals surface area contributed by atoms with Gasteiger partial charge in [-0.25, -0.2) is 0 Å². The van der Waals surface area contributed by atoms with Crippen molar-refractivity contribution in [3.8, 4) is 56.3 Å². The van der Waals surface area contributed by atoms with Crippen LogP contribution in [-0.4, -0.2) is 19.1 Å². The molecular formula is C105H102IrN5-3. The van der Waals surface area contributed by atoms with Crippen molar-refractivity contribution in [2.45, 2.75) is 109 Å². The Morgan fingerprint density at radius 1 is 0.315 bits per heavy atom. The van der Waals surface area contributed by atoms with Crippen LogP contribution in [0.25, 0.3) is 132 Å². The number of aromatic nitrogens is 5. The Hall–Kier alpha value is -11.4. The number of pyridine rings is 3.